The number of likely N-dealkylation sites (tertiary alicyclic amines) is 1. The molecule has 2 aromatic rings. The maximum absolute atomic E-state index is 13.2. The fourth-order valence-corrected chi connectivity index (χ4v) is 5.00. The second-order valence-corrected chi connectivity index (χ2v) is 9.63. The zero-order valence-corrected chi connectivity index (χ0v) is 18.8. The molecule has 0 aromatic heterocycles. The van der Waals surface area contributed by atoms with Crippen molar-refractivity contribution in [2.75, 3.05) is 24.4 Å². The van der Waals surface area contributed by atoms with Gasteiger partial charge in [0.05, 0.1) is 28.7 Å². The largest absolute Gasteiger partial charge is 0.491 e. The van der Waals surface area contributed by atoms with Crippen molar-refractivity contribution in [1.82, 2.24) is 4.90 Å². The molecule has 174 valence electrons. The Morgan fingerprint density at radius 2 is 1.88 bits per heavy atom. The summed E-state index contributed by atoms with van der Waals surface area (Å²) in [4.78, 5) is 1.69. The van der Waals surface area contributed by atoms with E-state index in [0.717, 1.165) is 25.0 Å². The van der Waals surface area contributed by atoms with Gasteiger partial charge in [0.1, 0.15) is 10.6 Å². The number of hydrogen-bond acceptors (Lipinski definition) is 4. The van der Waals surface area contributed by atoms with E-state index in [2.05, 4.69) is 4.72 Å². The molecule has 2 aromatic carbocycles. The molecule has 6 nitrogen and oxygen atoms in total. The lowest BCUT2D eigenvalue weighted by Gasteiger charge is -2.32. The van der Waals surface area contributed by atoms with Gasteiger partial charge < -0.3 is 9.64 Å². The lowest BCUT2D eigenvalue weighted by Crippen LogP contribution is -2.38. The van der Waals surface area contributed by atoms with Gasteiger partial charge in [-0.1, -0.05) is 23.7 Å². The molecule has 1 saturated heterocycles. The molecular formula is C21H23ClF3N3O3S. The zero-order valence-electron chi connectivity index (χ0n) is 17.2. The molecule has 2 N–H and O–H groups in total. The van der Waals surface area contributed by atoms with Gasteiger partial charge in [-0.15, -0.1) is 0 Å². The summed E-state index contributed by atoms with van der Waals surface area (Å²) in [5.74, 6) is 0.628. The maximum Gasteiger partial charge on any atom is 0.416 e. The summed E-state index contributed by atoms with van der Waals surface area (Å²) < 4.78 is 73.2. The van der Waals surface area contributed by atoms with Crippen LogP contribution in [0.1, 0.15) is 25.3 Å². The number of ether oxygens (including phenoxy) is 1. The topological polar surface area (TPSA) is 82.5 Å². The molecule has 0 bridgehead atoms. The molecule has 0 radical (unpaired) electrons. The van der Waals surface area contributed by atoms with Crippen molar-refractivity contribution in [2.24, 2.45) is 5.92 Å². The average molecular weight is 490 g/mol. The van der Waals surface area contributed by atoms with Crippen molar-refractivity contribution in [2.45, 2.75) is 30.8 Å². The fourth-order valence-electron chi connectivity index (χ4n) is 3.42. The van der Waals surface area contributed by atoms with Crippen LogP contribution >= 0.6 is 11.6 Å². The first kappa shape index (κ1) is 24.2. The fraction of sp³-hybridized carbons (Fsp3) is 0.381. The number of benzene rings is 2. The summed E-state index contributed by atoms with van der Waals surface area (Å²) in [5.41, 5.74) is -1.32. The third kappa shape index (κ3) is 5.86. The number of alkyl halides is 3. The van der Waals surface area contributed by atoms with Crippen molar-refractivity contribution < 1.29 is 26.3 Å². The van der Waals surface area contributed by atoms with E-state index in [1.807, 2.05) is 4.90 Å². The van der Waals surface area contributed by atoms with Crippen molar-refractivity contribution in [1.29, 1.82) is 5.41 Å². The number of nitrogens with zero attached hydrogens (tertiary/aromatic N) is 1. The Balaban J connectivity index is 1.82. The minimum absolute atomic E-state index is 0.000655. The molecule has 11 heteroatoms. The molecule has 3 rings (SSSR count). The van der Waals surface area contributed by atoms with Crippen LogP contribution in [0.3, 0.4) is 0 Å². The third-order valence-corrected chi connectivity index (χ3v) is 7.11. The molecule has 32 heavy (non-hydrogen) atoms. The molecule has 0 unspecified atom stereocenters. The SMILES string of the molecule is CC(=N)N1CCC(COc2ccc(C(F)(F)F)cc2NS(=O)(=O)c2ccccc2Cl)CC1. The second-order valence-electron chi connectivity index (χ2n) is 7.57. The highest BCUT2D eigenvalue weighted by Gasteiger charge is 2.32. The van der Waals surface area contributed by atoms with Gasteiger partial charge in [-0.05, 0) is 56.0 Å². The maximum atomic E-state index is 13.2. The van der Waals surface area contributed by atoms with Gasteiger partial charge in [-0.25, -0.2) is 8.42 Å². The first-order chi connectivity index (χ1) is 15.0. The first-order valence-corrected chi connectivity index (χ1v) is 11.7. The van der Waals surface area contributed by atoms with Crippen LogP contribution in [-0.4, -0.2) is 38.8 Å². The van der Waals surface area contributed by atoms with E-state index in [4.69, 9.17) is 21.7 Å². The number of rotatable bonds is 6. The number of halogens is 4. The monoisotopic (exact) mass is 489 g/mol. The van der Waals surface area contributed by atoms with Crippen LogP contribution in [-0.2, 0) is 16.2 Å². The molecule has 1 fully saturated rings. The molecule has 0 amide bonds. The van der Waals surface area contributed by atoms with E-state index in [0.29, 0.717) is 25.0 Å². The zero-order chi connectivity index (χ0) is 23.5. The van der Waals surface area contributed by atoms with Gasteiger partial charge in [-0.3, -0.25) is 10.1 Å². The van der Waals surface area contributed by atoms with E-state index < -0.39 is 21.8 Å². The summed E-state index contributed by atoms with van der Waals surface area (Å²) in [6.45, 7) is 3.33. The highest BCUT2D eigenvalue weighted by atomic mass is 35.5. The van der Waals surface area contributed by atoms with Crippen LogP contribution in [0.25, 0.3) is 0 Å². The van der Waals surface area contributed by atoms with Gasteiger partial charge in [0.15, 0.2) is 0 Å². The van der Waals surface area contributed by atoms with Crippen LogP contribution in [0.15, 0.2) is 47.4 Å². The Bertz CT molecular complexity index is 1090. The lowest BCUT2D eigenvalue weighted by molar-refractivity contribution is -0.137. The summed E-state index contributed by atoms with van der Waals surface area (Å²) >= 11 is 5.97. The molecule has 1 heterocycles. The molecule has 1 aliphatic heterocycles. The highest BCUT2D eigenvalue weighted by molar-refractivity contribution is 7.92. The Morgan fingerprint density at radius 3 is 2.47 bits per heavy atom. The predicted octanol–water partition coefficient (Wildman–Crippen LogP) is 5.25. The molecule has 0 spiro atoms. The van der Waals surface area contributed by atoms with Crippen molar-refractivity contribution >= 4 is 33.1 Å². The summed E-state index contributed by atoms with van der Waals surface area (Å²) in [7, 11) is -4.25. The van der Waals surface area contributed by atoms with E-state index in [-0.39, 0.29) is 33.9 Å². The molecule has 0 aliphatic carbocycles. The predicted molar refractivity (Wildman–Crippen MR) is 117 cm³/mol. The van der Waals surface area contributed by atoms with Crippen LogP contribution in [0.2, 0.25) is 5.02 Å². The van der Waals surface area contributed by atoms with E-state index >= 15 is 0 Å². The van der Waals surface area contributed by atoms with E-state index in [1.54, 1.807) is 13.0 Å². The van der Waals surface area contributed by atoms with Gasteiger partial charge in [-0.2, -0.15) is 13.2 Å². The number of sulfonamides is 1. The standard InChI is InChI=1S/C21H23ClF3N3O3S/c1-14(26)28-10-8-15(9-11-28)13-31-19-7-6-16(21(23,24)25)12-18(19)27-32(29,30)20-5-3-2-4-17(20)22/h2-7,12,15,26-27H,8-11,13H2,1H3. The van der Waals surface area contributed by atoms with Crippen molar-refractivity contribution in [3.63, 3.8) is 0 Å². The quantitative estimate of drug-likeness (QED) is 0.429. The normalized spacial score (nSPS) is 15.5. The molecular weight excluding hydrogens is 467 g/mol. The first-order valence-electron chi connectivity index (χ1n) is 9.89. The molecule has 0 saturated carbocycles. The van der Waals surface area contributed by atoms with Gasteiger partial charge in [0.25, 0.3) is 10.0 Å². The van der Waals surface area contributed by atoms with E-state index in [9.17, 15) is 21.6 Å². The Hall–Kier alpha value is -2.46. The number of hydrogen-bond donors (Lipinski definition) is 2. The number of piperidine rings is 1. The minimum atomic E-state index is -4.65. The smallest absolute Gasteiger partial charge is 0.416 e. The summed E-state index contributed by atoms with van der Waals surface area (Å²) in [6, 6.07) is 8.33. The Labute approximate surface area is 189 Å². The van der Waals surface area contributed by atoms with Crippen molar-refractivity contribution in [3.8, 4) is 5.75 Å². The Kier molecular flexibility index (Phi) is 7.24. The summed E-state index contributed by atoms with van der Waals surface area (Å²) in [6.07, 6.45) is -3.13. The van der Waals surface area contributed by atoms with Crippen LogP contribution in [0, 0.1) is 11.3 Å². The average Bonchev–Trinajstić information content (AvgIpc) is 2.72. The molecule has 1 aliphatic rings. The second kappa shape index (κ2) is 9.58. The van der Waals surface area contributed by atoms with Gasteiger partial charge in [0, 0.05) is 13.1 Å². The van der Waals surface area contributed by atoms with Crippen LogP contribution in [0.5, 0.6) is 5.75 Å². The minimum Gasteiger partial charge on any atom is -0.491 e. The van der Waals surface area contributed by atoms with Gasteiger partial charge >= 0.3 is 6.18 Å². The van der Waals surface area contributed by atoms with Crippen LogP contribution < -0.4 is 9.46 Å². The molecule has 0 atom stereocenters. The lowest BCUT2D eigenvalue weighted by atomic mass is 9.98. The third-order valence-electron chi connectivity index (χ3n) is 5.24. The van der Waals surface area contributed by atoms with Gasteiger partial charge in [0.2, 0.25) is 0 Å². The van der Waals surface area contributed by atoms with E-state index in [1.165, 1.54) is 18.2 Å². The number of amidine groups is 1. The van der Waals surface area contributed by atoms with Crippen molar-refractivity contribution in [3.05, 3.63) is 53.1 Å². The summed E-state index contributed by atoms with van der Waals surface area (Å²) in [5, 5.41) is 7.63. The Morgan fingerprint density at radius 1 is 1.22 bits per heavy atom. The number of nitrogens with one attached hydrogen (secondary N) is 2. The number of anilines is 1. The highest BCUT2D eigenvalue weighted by Crippen LogP contribution is 2.37. The van der Waals surface area contributed by atoms with Crippen LogP contribution in [0.4, 0.5) is 18.9 Å².